The highest BCUT2D eigenvalue weighted by atomic mass is 16.5. The fraction of sp³-hybridized carbons (Fsp3) is 0.571. The molecule has 1 heterocycles. The minimum Gasteiger partial charge on any atom is -0.381 e. The molecule has 0 saturated carbocycles. The standard InChI is InChI=1S/C14H21NO/c15-9-2-1-3-12-4-6-13(7-5-12)14-8-10-16-11-14/h4-7,14H,1-3,8-11,15H2. The monoisotopic (exact) mass is 219 g/mol. The molecule has 2 rings (SSSR count). The van der Waals surface area contributed by atoms with Crippen LogP contribution in [0.15, 0.2) is 24.3 Å². The predicted octanol–water partition coefficient (Wildman–Crippen LogP) is 2.47. The maximum Gasteiger partial charge on any atom is 0.0535 e. The Balaban J connectivity index is 1.88. The molecule has 2 heteroatoms. The fourth-order valence-electron chi connectivity index (χ4n) is 2.23. The molecule has 1 fully saturated rings. The van der Waals surface area contributed by atoms with E-state index in [0.717, 1.165) is 32.6 Å². The van der Waals surface area contributed by atoms with Crippen molar-refractivity contribution in [1.82, 2.24) is 0 Å². The molecule has 2 N–H and O–H groups in total. The maximum absolute atomic E-state index is 5.49. The van der Waals surface area contributed by atoms with Crippen LogP contribution < -0.4 is 5.73 Å². The van der Waals surface area contributed by atoms with Gasteiger partial charge in [0.2, 0.25) is 0 Å². The van der Waals surface area contributed by atoms with Crippen LogP contribution in [0.1, 0.15) is 36.3 Å². The molecule has 0 bridgehead atoms. The molecule has 0 spiro atoms. The fourth-order valence-corrected chi connectivity index (χ4v) is 2.23. The number of benzene rings is 1. The van der Waals surface area contributed by atoms with Gasteiger partial charge >= 0.3 is 0 Å². The molecular formula is C14H21NO. The van der Waals surface area contributed by atoms with Gasteiger partial charge in [0.25, 0.3) is 0 Å². The highest BCUT2D eigenvalue weighted by Gasteiger charge is 2.17. The first kappa shape index (κ1) is 11.6. The zero-order chi connectivity index (χ0) is 11.2. The van der Waals surface area contributed by atoms with Crippen LogP contribution in [0.4, 0.5) is 0 Å². The second-order valence-electron chi connectivity index (χ2n) is 4.55. The third kappa shape index (κ3) is 3.06. The van der Waals surface area contributed by atoms with Crippen LogP contribution in [0.25, 0.3) is 0 Å². The number of hydrogen-bond donors (Lipinski definition) is 1. The molecule has 1 aliphatic rings. The number of rotatable bonds is 5. The average molecular weight is 219 g/mol. The summed E-state index contributed by atoms with van der Waals surface area (Å²) in [6, 6.07) is 9.03. The summed E-state index contributed by atoms with van der Waals surface area (Å²) in [6.45, 7) is 2.62. The first-order valence-corrected chi connectivity index (χ1v) is 6.27. The van der Waals surface area contributed by atoms with E-state index >= 15 is 0 Å². The van der Waals surface area contributed by atoms with Crippen LogP contribution in [-0.4, -0.2) is 19.8 Å². The van der Waals surface area contributed by atoms with E-state index in [-0.39, 0.29) is 0 Å². The van der Waals surface area contributed by atoms with Gasteiger partial charge in [0.05, 0.1) is 6.61 Å². The third-order valence-electron chi connectivity index (χ3n) is 3.30. The van der Waals surface area contributed by atoms with Gasteiger partial charge in [-0.3, -0.25) is 0 Å². The topological polar surface area (TPSA) is 35.2 Å². The van der Waals surface area contributed by atoms with Gasteiger partial charge in [0.15, 0.2) is 0 Å². The number of hydrogen-bond acceptors (Lipinski definition) is 2. The predicted molar refractivity (Wildman–Crippen MR) is 66.6 cm³/mol. The van der Waals surface area contributed by atoms with Gasteiger partial charge in [0, 0.05) is 12.5 Å². The molecular weight excluding hydrogens is 198 g/mol. The van der Waals surface area contributed by atoms with Crippen LogP contribution in [0.5, 0.6) is 0 Å². The molecule has 1 saturated heterocycles. The van der Waals surface area contributed by atoms with E-state index < -0.39 is 0 Å². The van der Waals surface area contributed by atoms with E-state index in [4.69, 9.17) is 10.5 Å². The van der Waals surface area contributed by atoms with E-state index in [0.29, 0.717) is 5.92 Å². The second-order valence-corrected chi connectivity index (χ2v) is 4.55. The lowest BCUT2D eigenvalue weighted by Gasteiger charge is -2.08. The van der Waals surface area contributed by atoms with Gasteiger partial charge in [-0.1, -0.05) is 24.3 Å². The van der Waals surface area contributed by atoms with E-state index in [1.54, 1.807) is 0 Å². The summed E-state index contributed by atoms with van der Waals surface area (Å²) in [5.41, 5.74) is 8.34. The number of ether oxygens (including phenoxy) is 1. The van der Waals surface area contributed by atoms with Gasteiger partial charge in [0.1, 0.15) is 0 Å². The molecule has 16 heavy (non-hydrogen) atoms. The van der Waals surface area contributed by atoms with Crippen LogP contribution in [-0.2, 0) is 11.2 Å². The third-order valence-corrected chi connectivity index (χ3v) is 3.30. The van der Waals surface area contributed by atoms with E-state index in [2.05, 4.69) is 24.3 Å². The van der Waals surface area contributed by atoms with Crippen molar-refractivity contribution in [2.24, 2.45) is 5.73 Å². The average Bonchev–Trinajstić information content (AvgIpc) is 2.84. The van der Waals surface area contributed by atoms with Crippen LogP contribution >= 0.6 is 0 Å². The molecule has 1 atom stereocenters. The Kier molecular flexibility index (Phi) is 4.37. The van der Waals surface area contributed by atoms with E-state index in [1.807, 2.05) is 0 Å². The molecule has 0 aromatic heterocycles. The first-order valence-electron chi connectivity index (χ1n) is 6.27. The maximum atomic E-state index is 5.49. The highest BCUT2D eigenvalue weighted by Crippen LogP contribution is 2.25. The van der Waals surface area contributed by atoms with Gasteiger partial charge in [-0.15, -0.1) is 0 Å². The Morgan fingerprint density at radius 1 is 1.19 bits per heavy atom. The van der Waals surface area contributed by atoms with Crippen molar-refractivity contribution >= 4 is 0 Å². The summed E-state index contributed by atoms with van der Waals surface area (Å²) in [4.78, 5) is 0. The Labute approximate surface area is 97.8 Å². The Morgan fingerprint density at radius 2 is 2.00 bits per heavy atom. The molecule has 1 aromatic carbocycles. The molecule has 1 aromatic rings. The van der Waals surface area contributed by atoms with Gasteiger partial charge in [-0.2, -0.15) is 0 Å². The highest BCUT2D eigenvalue weighted by molar-refractivity contribution is 5.26. The summed E-state index contributed by atoms with van der Waals surface area (Å²) < 4.78 is 5.41. The second kappa shape index (κ2) is 6.02. The normalized spacial score (nSPS) is 20.2. The molecule has 0 radical (unpaired) electrons. The van der Waals surface area contributed by atoms with Crippen LogP contribution in [0.2, 0.25) is 0 Å². The SMILES string of the molecule is NCCCCc1ccc(C2CCOC2)cc1. The van der Waals surface area contributed by atoms with Crippen molar-refractivity contribution in [3.05, 3.63) is 35.4 Å². The lowest BCUT2D eigenvalue weighted by atomic mass is 9.96. The van der Waals surface area contributed by atoms with Gasteiger partial charge < -0.3 is 10.5 Å². The zero-order valence-electron chi connectivity index (χ0n) is 9.82. The van der Waals surface area contributed by atoms with Crippen molar-refractivity contribution in [1.29, 1.82) is 0 Å². The summed E-state index contributed by atoms with van der Waals surface area (Å²) >= 11 is 0. The van der Waals surface area contributed by atoms with Crippen molar-refractivity contribution in [3.63, 3.8) is 0 Å². The van der Waals surface area contributed by atoms with E-state index in [1.165, 1.54) is 24.0 Å². The molecule has 2 nitrogen and oxygen atoms in total. The summed E-state index contributed by atoms with van der Waals surface area (Å²) in [5, 5.41) is 0. The van der Waals surface area contributed by atoms with Crippen molar-refractivity contribution < 1.29 is 4.74 Å². The van der Waals surface area contributed by atoms with Crippen LogP contribution in [0, 0.1) is 0 Å². The van der Waals surface area contributed by atoms with Crippen molar-refractivity contribution in [2.75, 3.05) is 19.8 Å². The largest absolute Gasteiger partial charge is 0.381 e. The summed E-state index contributed by atoms with van der Waals surface area (Å²) in [6.07, 6.45) is 4.64. The van der Waals surface area contributed by atoms with Crippen LogP contribution in [0.3, 0.4) is 0 Å². The zero-order valence-corrected chi connectivity index (χ0v) is 9.82. The van der Waals surface area contributed by atoms with Gasteiger partial charge in [-0.05, 0) is 43.4 Å². The quantitative estimate of drug-likeness (QED) is 0.772. The lowest BCUT2D eigenvalue weighted by molar-refractivity contribution is 0.194. The van der Waals surface area contributed by atoms with Crippen molar-refractivity contribution in [2.45, 2.75) is 31.6 Å². The number of nitrogens with two attached hydrogens (primary N) is 1. The molecule has 88 valence electrons. The first-order chi connectivity index (χ1) is 7.90. The lowest BCUT2D eigenvalue weighted by Crippen LogP contribution is -2.00. The number of unbranched alkanes of at least 4 members (excludes halogenated alkanes) is 1. The Bertz CT molecular complexity index is 301. The number of aryl methyl sites for hydroxylation is 1. The minimum absolute atomic E-state index is 0.623. The molecule has 0 amide bonds. The molecule has 1 unspecified atom stereocenters. The Hall–Kier alpha value is -0.860. The molecule has 0 aliphatic carbocycles. The smallest absolute Gasteiger partial charge is 0.0535 e. The minimum atomic E-state index is 0.623. The Morgan fingerprint density at radius 3 is 2.62 bits per heavy atom. The molecule has 1 aliphatic heterocycles. The summed E-state index contributed by atoms with van der Waals surface area (Å²) in [7, 11) is 0. The van der Waals surface area contributed by atoms with Crippen molar-refractivity contribution in [3.8, 4) is 0 Å². The summed E-state index contributed by atoms with van der Waals surface area (Å²) in [5.74, 6) is 0.623. The van der Waals surface area contributed by atoms with Gasteiger partial charge in [-0.25, -0.2) is 0 Å². The van der Waals surface area contributed by atoms with E-state index in [9.17, 15) is 0 Å².